The molecule has 0 unspecified atom stereocenters. The third-order valence-corrected chi connectivity index (χ3v) is 2.94. The number of carbonyl (C=O) groups is 1. The highest BCUT2D eigenvalue weighted by Crippen LogP contribution is 2.08. The normalized spacial score (nSPS) is 9.88. The van der Waals surface area contributed by atoms with Crippen molar-refractivity contribution in [3.8, 4) is 0 Å². The number of hydrogen-bond donors (Lipinski definition) is 2. The third-order valence-electron chi connectivity index (χ3n) is 2.25. The highest BCUT2D eigenvalue weighted by molar-refractivity contribution is 7.98. The number of nitrogens with one attached hydrogen (secondary N) is 2. The molecule has 2 N–H and O–H groups in total. The molecule has 16 heavy (non-hydrogen) atoms. The van der Waals surface area contributed by atoms with Crippen molar-refractivity contribution >= 4 is 23.4 Å². The Kier molecular flexibility index (Phi) is 5.78. The summed E-state index contributed by atoms with van der Waals surface area (Å²) >= 11 is 1.79. The van der Waals surface area contributed by atoms with E-state index in [9.17, 15) is 4.79 Å². The second-order valence-corrected chi connectivity index (χ2v) is 4.42. The van der Waals surface area contributed by atoms with E-state index in [0.29, 0.717) is 5.56 Å². The van der Waals surface area contributed by atoms with Crippen LogP contribution in [0.1, 0.15) is 16.8 Å². The molecule has 0 heterocycles. The first-order valence-corrected chi connectivity index (χ1v) is 6.72. The minimum atomic E-state index is 0.00348. The quantitative estimate of drug-likeness (QED) is 0.747. The summed E-state index contributed by atoms with van der Waals surface area (Å²) in [5.41, 5.74) is 1.72. The zero-order valence-electron chi connectivity index (χ0n) is 9.75. The molecule has 0 aliphatic carbocycles. The maximum atomic E-state index is 11.7. The summed E-state index contributed by atoms with van der Waals surface area (Å²) in [6.45, 7) is 0.744. The van der Waals surface area contributed by atoms with E-state index in [1.165, 1.54) is 0 Å². The summed E-state index contributed by atoms with van der Waals surface area (Å²) in [7, 11) is 1.86. The molecule has 1 aromatic rings. The third kappa shape index (κ3) is 4.14. The van der Waals surface area contributed by atoms with Crippen molar-refractivity contribution in [2.24, 2.45) is 0 Å². The lowest BCUT2D eigenvalue weighted by Gasteiger charge is -2.05. The fraction of sp³-hybridized carbons (Fsp3) is 0.417. The zero-order valence-corrected chi connectivity index (χ0v) is 10.6. The summed E-state index contributed by atoms with van der Waals surface area (Å²) in [4.78, 5) is 11.7. The van der Waals surface area contributed by atoms with Crippen molar-refractivity contribution in [3.05, 3.63) is 29.8 Å². The molecule has 0 radical (unpaired) electrons. The van der Waals surface area contributed by atoms with Gasteiger partial charge in [0.05, 0.1) is 0 Å². The molecule has 1 aromatic carbocycles. The van der Waals surface area contributed by atoms with Crippen LogP contribution in [0.15, 0.2) is 24.3 Å². The van der Waals surface area contributed by atoms with Gasteiger partial charge in [-0.15, -0.1) is 0 Å². The number of benzene rings is 1. The Morgan fingerprint density at radius 3 is 2.56 bits per heavy atom. The predicted octanol–water partition coefficient (Wildman–Crippen LogP) is 2.21. The van der Waals surface area contributed by atoms with Gasteiger partial charge in [-0.2, -0.15) is 11.8 Å². The molecule has 0 bridgehead atoms. The molecule has 0 saturated carbocycles. The van der Waals surface area contributed by atoms with E-state index in [-0.39, 0.29) is 5.91 Å². The molecule has 1 rings (SSSR count). The molecule has 0 fully saturated rings. The molecule has 0 aliphatic heterocycles. The van der Waals surface area contributed by atoms with Crippen molar-refractivity contribution < 1.29 is 4.79 Å². The van der Waals surface area contributed by atoms with E-state index in [4.69, 9.17) is 0 Å². The Bertz CT molecular complexity index is 324. The van der Waals surface area contributed by atoms with Crippen molar-refractivity contribution in [3.63, 3.8) is 0 Å². The first-order chi connectivity index (χ1) is 7.77. The van der Waals surface area contributed by atoms with Gasteiger partial charge >= 0.3 is 0 Å². The lowest BCUT2D eigenvalue weighted by Crippen LogP contribution is -2.24. The van der Waals surface area contributed by atoms with Gasteiger partial charge in [-0.25, -0.2) is 0 Å². The van der Waals surface area contributed by atoms with Crippen molar-refractivity contribution in [1.82, 2.24) is 5.32 Å². The van der Waals surface area contributed by atoms with Gasteiger partial charge in [-0.3, -0.25) is 4.79 Å². The van der Waals surface area contributed by atoms with Crippen molar-refractivity contribution in [1.29, 1.82) is 0 Å². The largest absolute Gasteiger partial charge is 0.388 e. The highest BCUT2D eigenvalue weighted by atomic mass is 32.2. The van der Waals surface area contributed by atoms with E-state index >= 15 is 0 Å². The monoisotopic (exact) mass is 238 g/mol. The van der Waals surface area contributed by atoms with E-state index in [0.717, 1.165) is 24.4 Å². The molecule has 3 nitrogen and oxygen atoms in total. The first-order valence-electron chi connectivity index (χ1n) is 5.33. The van der Waals surface area contributed by atoms with Crippen LogP contribution in [0.3, 0.4) is 0 Å². The van der Waals surface area contributed by atoms with Gasteiger partial charge in [0, 0.05) is 24.8 Å². The van der Waals surface area contributed by atoms with Crippen molar-refractivity contribution in [2.75, 3.05) is 30.9 Å². The van der Waals surface area contributed by atoms with Crippen LogP contribution in [0, 0.1) is 0 Å². The zero-order chi connectivity index (χ0) is 11.8. The van der Waals surface area contributed by atoms with Crippen LogP contribution in [0.4, 0.5) is 5.69 Å². The summed E-state index contributed by atoms with van der Waals surface area (Å²) in [5.74, 6) is 1.09. The minimum absolute atomic E-state index is 0.00348. The van der Waals surface area contributed by atoms with Gasteiger partial charge in [-0.1, -0.05) is 0 Å². The Hall–Kier alpha value is -1.16. The number of anilines is 1. The Morgan fingerprint density at radius 1 is 1.31 bits per heavy atom. The molecule has 1 amide bonds. The molecular weight excluding hydrogens is 220 g/mol. The SMILES string of the molecule is CNc1ccc(C(=O)NCCCSC)cc1. The topological polar surface area (TPSA) is 41.1 Å². The van der Waals surface area contributed by atoms with Gasteiger partial charge in [0.15, 0.2) is 0 Å². The van der Waals surface area contributed by atoms with Crippen LogP contribution in [0.5, 0.6) is 0 Å². The summed E-state index contributed by atoms with van der Waals surface area (Å²) in [6, 6.07) is 7.46. The molecule has 0 saturated heterocycles. The smallest absolute Gasteiger partial charge is 0.251 e. The van der Waals surface area contributed by atoms with E-state index < -0.39 is 0 Å². The number of hydrogen-bond acceptors (Lipinski definition) is 3. The van der Waals surface area contributed by atoms with Gasteiger partial charge in [0.2, 0.25) is 0 Å². The number of rotatable bonds is 6. The molecule has 0 spiro atoms. The number of carbonyl (C=O) groups excluding carboxylic acids is 1. The molecule has 0 aliphatic rings. The Labute approximate surface area is 101 Å². The summed E-state index contributed by atoms with van der Waals surface area (Å²) < 4.78 is 0. The maximum absolute atomic E-state index is 11.7. The van der Waals surface area contributed by atoms with Gasteiger partial charge in [0.25, 0.3) is 5.91 Å². The number of amides is 1. The second-order valence-electron chi connectivity index (χ2n) is 3.43. The number of thioether (sulfide) groups is 1. The lowest BCUT2D eigenvalue weighted by molar-refractivity contribution is 0.0954. The van der Waals surface area contributed by atoms with Crippen LogP contribution in [0.25, 0.3) is 0 Å². The maximum Gasteiger partial charge on any atom is 0.251 e. The minimum Gasteiger partial charge on any atom is -0.388 e. The molecule has 88 valence electrons. The fourth-order valence-corrected chi connectivity index (χ4v) is 1.74. The van der Waals surface area contributed by atoms with E-state index in [1.807, 2.05) is 31.3 Å². The predicted molar refractivity (Wildman–Crippen MR) is 71.3 cm³/mol. The van der Waals surface area contributed by atoms with E-state index in [2.05, 4.69) is 16.9 Å². The summed E-state index contributed by atoms with van der Waals surface area (Å²) in [6.07, 6.45) is 3.08. The molecule has 0 atom stereocenters. The Morgan fingerprint density at radius 2 is 2.00 bits per heavy atom. The average molecular weight is 238 g/mol. The van der Waals surface area contributed by atoms with Crippen LogP contribution >= 0.6 is 11.8 Å². The van der Waals surface area contributed by atoms with Crippen LogP contribution in [-0.4, -0.2) is 31.5 Å². The standard InChI is InChI=1S/C12H18N2OS/c1-13-11-6-4-10(5-7-11)12(15)14-8-3-9-16-2/h4-7,13H,3,8-9H2,1-2H3,(H,14,15). The van der Waals surface area contributed by atoms with Crippen LogP contribution in [0.2, 0.25) is 0 Å². The lowest BCUT2D eigenvalue weighted by atomic mass is 10.2. The fourth-order valence-electron chi connectivity index (χ4n) is 1.31. The molecular formula is C12H18N2OS. The summed E-state index contributed by atoms with van der Waals surface area (Å²) in [5, 5.41) is 5.92. The first kappa shape index (κ1) is 12.9. The van der Waals surface area contributed by atoms with Gasteiger partial charge in [-0.05, 0) is 42.7 Å². The van der Waals surface area contributed by atoms with Crippen LogP contribution < -0.4 is 10.6 Å². The Balaban J connectivity index is 2.40. The van der Waals surface area contributed by atoms with E-state index in [1.54, 1.807) is 11.8 Å². The average Bonchev–Trinajstić information content (AvgIpc) is 2.34. The van der Waals surface area contributed by atoms with Gasteiger partial charge < -0.3 is 10.6 Å². The molecule has 4 heteroatoms. The van der Waals surface area contributed by atoms with Crippen molar-refractivity contribution in [2.45, 2.75) is 6.42 Å². The van der Waals surface area contributed by atoms with Crippen LogP contribution in [-0.2, 0) is 0 Å². The second kappa shape index (κ2) is 7.17. The van der Waals surface area contributed by atoms with Gasteiger partial charge in [0.1, 0.15) is 0 Å². The highest BCUT2D eigenvalue weighted by Gasteiger charge is 2.03. The molecule has 0 aromatic heterocycles.